The van der Waals surface area contributed by atoms with Crippen molar-refractivity contribution in [2.45, 2.75) is 12.2 Å². The van der Waals surface area contributed by atoms with Gasteiger partial charge in [0, 0.05) is 18.1 Å². The molecule has 1 aromatic carbocycles. The van der Waals surface area contributed by atoms with E-state index in [-0.39, 0.29) is 0 Å². The molecule has 0 fully saturated rings. The number of halogens is 1. The third-order valence-electron chi connectivity index (χ3n) is 2.99. The summed E-state index contributed by atoms with van der Waals surface area (Å²) in [6, 6.07) is 6.85. The van der Waals surface area contributed by atoms with Crippen molar-refractivity contribution in [1.82, 2.24) is 10.3 Å². The van der Waals surface area contributed by atoms with E-state index in [4.69, 9.17) is 11.6 Å². The lowest BCUT2D eigenvalue weighted by atomic mass is 10.2. The monoisotopic (exact) mass is 313 g/mol. The normalized spacial score (nSPS) is 13.3. The van der Waals surface area contributed by atoms with Crippen molar-refractivity contribution >= 4 is 38.2 Å². The Morgan fingerprint density at radius 2 is 2.10 bits per heavy atom. The number of aromatic nitrogens is 1. The van der Waals surface area contributed by atoms with Crippen LogP contribution >= 0.6 is 11.6 Å². The van der Waals surface area contributed by atoms with Crippen molar-refractivity contribution in [3.8, 4) is 0 Å². The van der Waals surface area contributed by atoms with Crippen molar-refractivity contribution < 1.29 is 8.42 Å². The minimum absolute atomic E-state index is 0.369. The zero-order chi connectivity index (χ0) is 14.8. The van der Waals surface area contributed by atoms with Crippen molar-refractivity contribution in [3.63, 3.8) is 0 Å². The maximum atomic E-state index is 12.2. The highest BCUT2D eigenvalue weighted by Gasteiger charge is 2.21. The van der Waals surface area contributed by atoms with Gasteiger partial charge in [-0.2, -0.15) is 0 Å². The van der Waals surface area contributed by atoms with Crippen LogP contribution in [0.15, 0.2) is 30.5 Å². The molecule has 1 unspecified atom stereocenters. The summed E-state index contributed by atoms with van der Waals surface area (Å²) in [5.74, 6) is 0. The van der Waals surface area contributed by atoms with E-state index < -0.39 is 15.3 Å². The van der Waals surface area contributed by atoms with E-state index in [0.29, 0.717) is 22.8 Å². The predicted octanol–water partition coefficient (Wildman–Crippen LogP) is 2.24. The van der Waals surface area contributed by atoms with Gasteiger partial charge in [0.15, 0.2) is 0 Å². The summed E-state index contributed by atoms with van der Waals surface area (Å²) in [6.45, 7) is 2.01. The van der Waals surface area contributed by atoms with E-state index in [1.54, 1.807) is 44.4 Å². The van der Waals surface area contributed by atoms with E-state index in [0.717, 1.165) is 5.39 Å². The van der Waals surface area contributed by atoms with Gasteiger partial charge < -0.3 is 5.32 Å². The molecule has 0 aliphatic carbocycles. The number of hydrogen-bond acceptors (Lipinski definition) is 4. The molecule has 0 aliphatic rings. The third-order valence-corrected chi connectivity index (χ3v) is 5.05. The lowest BCUT2D eigenvalue weighted by molar-refractivity contribution is 0.584. The van der Waals surface area contributed by atoms with Gasteiger partial charge in [-0.3, -0.25) is 9.71 Å². The van der Waals surface area contributed by atoms with Crippen LogP contribution in [0.4, 0.5) is 5.69 Å². The lowest BCUT2D eigenvalue weighted by Gasteiger charge is -2.15. The maximum absolute atomic E-state index is 12.2. The number of nitrogens with one attached hydrogen (secondary N) is 2. The molecule has 1 aromatic heterocycles. The fraction of sp³-hybridized carbons (Fsp3) is 0.308. The molecule has 0 saturated heterocycles. The molecule has 0 spiro atoms. The molecule has 1 atom stereocenters. The van der Waals surface area contributed by atoms with Crippen LogP contribution < -0.4 is 10.0 Å². The van der Waals surface area contributed by atoms with Crippen LogP contribution in [0.5, 0.6) is 0 Å². The molecular formula is C13H16ClN3O2S. The summed E-state index contributed by atoms with van der Waals surface area (Å²) in [6.07, 6.45) is 1.60. The molecule has 2 rings (SSSR count). The molecule has 5 nitrogen and oxygen atoms in total. The Labute approximate surface area is 123 Å². The maximum Gasteiger partial charge on any atom is 0.236 e. The Morgan fingerprint density at radius 1 is 1.35 bits per heavy atom. The fourth-order valence-electron chi connectivity index (χ4n) is 1.87. The molecule has 0 bridgehead atoms. The molecule has 108 valence electrons. The Hall–Kier alpha value is -1.37. The van der Waals surface area contributed by atoms with Gasteiger partial charge >= 0.3 is 0 Å². The fourth-order valence-corrected chi connectivity index (χ4v) is 3.15. The highest BCUT2D eigenvalue weighted by atomic mass is 35.5. The first-order valence-electron chi connectivity index (χ1n) is 6.15. The van der Waals surface area contributed by atoms with Crippen LogP contribution in [0, 0.1) is 0 Å². The van der Waals surface area contributed by atoms with Crippen molar-refractivity contribution in [3.05, 3.63) is 35.5 Å². The largest absolute Gasteiger partial charge is 0.318 e. The first-order valence-corrected chi connectivity index (χ1v) is 8.07. The summed E-state index contributed by atoms with van der Waals surface area (Å²) in [4.78, 5) is 4.20. The Morgan fingerprint density at radius 3 is 2.80 bits per heavy atom. The van der Waals surface area contributed by atoms with Gasteiger partial charge in [-0.05, 0) is 38.2 Å². The second-order valence-corrected chi connectivity index (χ2v) is 7.02. The van der Waals surface area contributed by atoms with E-state index in [9.17, 15) is 8.42 Å². The Kier molecular flexibility index (Phi) is 4.47. The van der Waals surface area contributed by atoms with Gasteiger partial charge in [0.25, 0.3) is 0 Å². The number of rotatable bonds is 5. The number of benzene rings is 1. The van der Waals surface area contributed by atoms with E-state index in [2.05, 4.69) is 15.0 Å². The molecule has 0 aliphatic heterocycles. The molecule has 0 saturated carbocycles. The van der Waals surface area contributed by atoms with Gasteiger partial charge in [0.2, 0.25) is 10.0 Å². The van der Waals surface area contributed by atoms with Gasteiger partial charge in [-0.15, -0.1) is 0 Å². The van der Waals surface area contributed by atoms with Crippen LogP contribution in [0.1, 0.15) is 6.92 Å². The zero-order valence-electron chi connectivity index (χ0n) is 11.2. The van der Waals surface area contributed by atoms with E-state index in [1.807, 2.05) is 0 Å². The topological polar surface area (TPSA) is 71.1 Å². The van der Waals surface area contributed by atoms with Gasteiger partial charge in [0.1, 0.15) is 0 Å². The number of pyridine rings is 1. The Bertz CT molecular complexity index is 719. The average Bonchev–Trinajstić information content (AvgIpc) is 2.42. The number of nitrogens with zero attached hydrogens (tertiary/aromatic N) is 1. The van der Waals surface area contributed by atoms with Crippen LogP contribution in [0.3, 0.4) is 0 Å². The minimum atomic E-state index is -3.48. The summed E-state index contributed by atoms with van der Waals surface area (Å²) in [5, 5.41) is 3.56. The summed E-state index contributed by atoms with van der Waals surface area (Å²) >= 11 is 6.09. The van der Waals surface area contributed by atoms with Crippen molar-refractivity contribution in [1.29, 1.82) is 0 Å². The molecule has 2 aromatic rings. The van der Waals surface area contributed by atoms with Gasteiger partial charge in [0.05, 0.1) is 21.5 Å². The highest BCUT2D eigenvalue weighted by molar-refractivity contribution is 7.93. The Balaban J connectivity index is 2.42. The van der Waals surface area contributed by atoms with Gasteiger partial charge in [-0.25, -0.2) is 8.42 Å². The van der Waals surface area contributed by atoms with E-state index >= 15 is 0 Å². The van der Waals surface area contributed by atoms with Crippen molar-refractivity contribution in [2.24, 2.45) is 0 Å². The first-order chi connectivity index (χ1) is 9.45. The second-order valence-electron chi connectivity index (χ2n) is 4.51. The SMILES string of the molecule is CNCC(C)S(=O)(=O)Nc1ccc(Cl)c2cccnc12. The smallest absolute Gasteiger partial charge is 0.236 e. The minimum Gasteiger partial charge on any atom is -0.318 e. The first kappa shape index (κ1) is 15.0. The predicted molar refractivity (Wildman–Crippen MR) is 82.7 cm³/mol. The molecule has 0 amide bonds. The standard InChI is InChI=1S/C13H16ClN3O2S/c1-9(8-15-2)20(18,19)17-12-6-5-11(14)10-4-3-7-16-13(10)12/h3-7,9,15,17H,8H2,1-2H3. The van der Waals surface area contributed by atoms with Crippen molar-refractivity contribution in [2.75, 3.05) is 18.3 Å². The average molecular weight is 314 g/mol. The second kappa shape index (κ2) is 5.95. The summed E-state index contributed by atoms with van der Waals surface area (Å²) in [7, 11) is -1.76. The van der Waals surface area contributed by atoms with E-state index in [1.165, 1.54) is 0 Å². The zero-order valence-corrected chi connectivity index (χ0v) is 12.8. The number of anilines is 1. The quantitative estimate of drug-likeness (QED) is 0.888. The summed E-state index contributed by atoms with van der Waals surface area (Å²) in [5.41, 5.74) is 0.980. The molecule has 7 heteroatoms. The van der Waals surface area contributed by atoms with Crippen LogP contribution in [-0.2, 0) is 10.0 Å². The number of hydrogen-bond donors (Lipinski definition) is 2. The molecule has 20 heavy (non-hydrogen) atoms. The number of sulfonamides is 1. The van der Waals surface area contributed by atoms with Crippen LogP contribution in [0.2, 0.25) is 5.02 Å². The highest BCUT2D eigenvalue weighted by Crippen LogP contribution is 2.28. The summed E-state index contributed by atoms with van der Waals surface area (Å²) < 4.78 is 27.0. The molecule has 0 radical (unpaired) electrons. The third kappa shape index (κ3) is 3.03. The van der Waals surface area contributed by atoms with Crippen LogP contribution in [0.25, 0.3) is 10.9 Å². The van der Waals surface area contributed by atoms with Crippen LogP contribution in [-0.4, -0.2) is 32.2 Å². The molecule has 1 heterocycles. The molecular weight excluding hydrogens is 298 g/mol. The number of fused-ring (bicyclic) bond motifs is 1. The lowest BCUT2D eigenvalue weighted by Crippen LogP contribution is -2.33. The van der Waals surface area contributed by atoms with Gasteiger partial charge in [-0.1, -0.05) is 11.6 Å². The molecule has 2 N–H and O–H groups in total.